The molecule has 0 aliphatic heterocycles. The third-order valence-corrected chi connectivity index (χ3v) is 4.02. The predicted molar refractivity (Wildman–Crippen MR) is 82.3 cm³/mol. The number of aryl methyl sites for hydroxylation is 1. The van der Waals surface area contributed by atoms with Gasteiger partial charge in [-0.1, -0.05) is 18.6 Å². The molecule has 1 aromatic carbocycles. The molecular formula is C17H21N3O. The lowest BCUT2D eigenvalue weighted by Gasteiger charge is -2.12. The van der Waals surface area contributed by atoms with Crippen molar-refractivity contribution in [3.8, 4) is 5.75 Å². The number of fused-ring (bicyclic) bond motifs is 1. The molecule has 21 heavy (non-hydrogen) atoms. The first kappa shape index (κ1) is 14.0. The highest BCUT2D eigenvalue weighted by molar-refractivity contribution is 5.31. The average Bonchev–Trinajstić information content (AvgIpc) is 2.69. The summed E-state index contributed by atoms with van der Waals surface area (Å²) >= 11 is 0. The average molecular weight is 283 g/mol. The molecule has 1 unspecified atom stereocenters. The van der Waals surface area contributed by atoms with Crippen LogP contribution in [-0.4, -0.2) is 17.1 Å². The Hall–Kier alpha value is -1.94. The monoisotopic (exact) mass is 283 g/mol. The molecular weight excluding hydrogens is 262 g/mol. The van der Waals surface area contributed by atoms with Crippen LogP contribution >= 0.6 is 0 Å². The van der Waals surface area contributed by atoms with Gasteiger partial charge >= 0.3 is 0 Å². The molecule has 0 spiro atoms. The van der Waals surface area contributed by atoms with E-state index in [-0.39, 0.29) is 6.04 Å². The van der Waals surface area contributed by atoms with E-state index in [0.29, 0.717) is 0 Å². The normalized spacial score (nSPS) is 17.9. The van der Waals surface area contributed by atoms with Crippen LogP contribution in [0.15, 0.2) is 30.5 Å². The lowest BCUT2D eigenvalue weighted by Crippen LogP contribution is -2.13. The Labute approximate surface area is 125 Å². The fourth-order valence-electron chi connectivity index (χ4n) is 2.84. The molecule has 1 aromatic heterocycles. The van der Waals surface area contributed by atoms with E-state index in [9.17, 15) is 0 Å². The first-order valence-corrected chi connectivity index (χ1v) is 7.49. The Kier molecular flexibility index (Phi) is 4.15. The van der Waals surface area contributed by atoms with Crippen LogP contribution in [0.3, 0.4) is 0 Å². The molecule has 1 aliphatic carbocycles. The number of hydrogen-bond acceptors (Lipinski definition) is 4. The van der Waals surface area contributed by atoms with Crippen LogP contribution in [0.1, 0.15) is 47.9 Å². The number of hydrogen-bond donors (Lipinski definition) is 1. The van der Waals surface area contributed by atoms with Gasteiger partial charge in [0.1, 0.15) is 11.6 Å². The van der Waals surface area contributed by atoms with Gasteiger partial charge in [-0.25, -0.2) is 9.97 Å². The van der Waals surface area contributed by atoms with Crippen molar-refractivity contribution < 1.29 is 4.74 Å². The van der Waals surface area contributed by atoms with Crippen molar-refractivity contribution in [1.29, 1.82) is 0 Å². The molecule has 0 fully saturated rings. The van der Waals surface area contributed by atoms with E-state index in [1.54, 1.807) is 7.11 Å². The Bertz CT molecular complexity index is 627. The molecule has 3 rings (SSSR count). The molecule has 0 saturated heterocycles. The van der Waals surface area contributed by atoms with Crippen LogP contribution in [0.2, 0.25) is 0 Å². The van der Waals surface area contributed by atoms with Crippen LogP contribution in [0.4, 0.5) is 0 Å². The second kappa shape index (κ2) is 6.22. The molecule has 4 nitrogen and oxygen atoms in total. The van der Waals surface area contributed by atoms with Crippen LogP contribution in [0.5, 0.6) is 5.75 Å². The molecule has 2 N–H and O–H groups in total. The molecule has 0 bridgehead atoms. The van der Waals surface area contributed by atoms with Crippen molar-refractivity contribution in [2.45, 2.75) is 38.1 Å². The largest absolute Gasteiger partial charge is 0.497 e. The molecule has 4 heteroatoms. The molecule has 0 radical (unpaired) electrons. The Morgan fingerprint density at radius 1 is 1.33 bits per heavy atom. The number of nitrogens with two attached hydrogens (primary N) is 1. The minimum Gasteiger partial charge on any atom is -0.497 e. The van der Waals surface area contributed by atoms with E-state index in [1.165, 1.54) is 6.42 Å². The fourth-order valence-corrected chi connectivity index (χ4v) is 2.84. The van der Waals surface area contributed by atoms with Crippen LogP contribution < -0.4 is 10.5 Å². The minimum atomic E-state index is 0.0911. The maximum Gasteiger partial charge on any atom is 0.132 e. The number of ether oxygens (including phenoxy) is 1. The van der Waals surface area contributed by atoms with Gasteiger partial charge in [0.15, 0.2) is 0 Å². The van der Waals surface area contributed by atoms with Crippen LogP contribution in [-0.2, 0) is 12.8 Å². The molecule has 0 amide bonds. The number of nitrogens with zero attached hydrogens (tertiary/aromatic N) is 2. The van der Waals surface area contributed by atoms with Crippen LogP contribution in [0.25, 0.3) is 0 Å². The standard InChI is InChI=1S/C17H21N3O/c1-21-13-6-4-5-12(9-13)10-17-19-11-14-15(18)7-2-3-8-16(14)20-17/h4-6,9,11,15H,2-3,7-8,10,18H2,1H3. The molecule has 1 aliphatic rings. The Morgan fingerprint density at radius 2 is 2.24 bits per heavy atom. The van der Waals surface area contributed by atoms with Gasteiger partial charge in [0.2, 0.25) is 0 Å². The van der Waals surface area contributed by atoms with Gasteiger partial charge in [0.05, 0.1) is 7.11 Å². The zero-order chi connectivity index (χ0) is 14.7. The van der Waals surface area contributed by atoms with E-state index in [0.717, 1.165) is 54.1 Å². The van der Waals surface area contributed by atoms with E-state index >= 15 is 0 Å². The maximum atomic E-state index is 6.19. The lowest BCUT2D eigenvalue weighted by molar-refractivity contribution is 0.414. The summed E-state index contributed by atoms with van der Waals surface area (Å²) in [6.07, 6.45) is 7.02. The van der Waals surface area contributed by atoms with Gasteiger partial charge in [0, 0.05) is 29.9 Å². The third-order valence-electron chi connectivity index (χ3n) is 4.02. The third kappa shape index (κ3) is 3.22. The SMILES string of the molecule is COc1cccc(Cc2ncc3c(n2)CCCCC3N)c1. The summed E-state index contributed by atoms with van der Waals surface area (Å²) in [5.74, 6) is 1.72. The summed E-state index contributed by atoms with van der Waals surface area (Å²) in [5.41, 5.74) is 9.61. The molecule has 110 valence electrons. The van der Waals surface area contributed by atoms with Crippen molar-refractivity contribution in [1.82, 2.24) is 9.97 Å². The quantitative estimate of drug-likeness (QED) is 0.880. The topological polar surface area (TPSA) is 61.0 Å². The number of methoxy groups -OCH3 is 1. The lowest BCUT2D eigenvalue weighted by atomic mass is 10.1. The summed E-state index contributed by atoms with van der Waals surface area (Å²) in [6.45, 7) is 0. The Morgan fingerprint density at radius 3 is 3.10 bits per heavy atom. The highest BCUT2D eigenvalue weighted by Crippen LogP contribution is 2.25. The van der Waals surface area contributed by atoms with Gasteiger partial charge in [0.25, 0.3) is 0 Å². The fraction of sp³-hybridized carbons (Fsp3) is 0.412. The van der Waals surface area contributed by atoms with E-state index < -0.39 is 0 Å². The summed E-state index contributed by atoms with van der Waals surface area (Å²) in [6, 6.07) is 8.13. The first-order chi connectivity index (χ1) is 10.3. The van der Waals surface area contributed by atoms with Gasteiger partial charge in [-0.3, -0.25) is 0 Å². The molecule has 1 atom stereocenters. The smallest absolute Gasteiger partial charge is 0.132 e. The summed E-state index contributed by atoms with van der Waals surface area (Å²) in [7, 11) is 1.68. The van der Waals surface area contributed by atoms with Crippen molar-refractivity contribution in [2.75, 3.05) is 7.11 Å². The summed E-state index contributed by atoms with van der Waals surface area (Å²) in [4.78, 5) is 9.25. The number of benzene rings is 1. The maximum absolute atomic E-state index is 6.19. The van der Waals surface area contributed by atoms with Crippen molar-refractivity contribution in [2.24, 2.45) is 5.73 Å². The highest BCUT2D eigenvalue weighted by atomic mass is 16.5. The number of aromatic nitrogens is 2. The van der Waals surface area contributed by atoms with E-state index in [1.807, 2.05) is 24.4 Å². The van der Waals surface area contributed by atoms with Crippen molar-refractivity contribution >= 4 is 0 Å². The number of rotatable bonds is 3. The van der Waals surface area contributed by atoms with Crippen molar-refractivity contribution in [3.05, 3.63) is 53.1 Å². The Balaban J connectivity index is 1.84. The van der Waals surface area contributed by atoms with Gasteiger partial charge in [-0.05, 0) is 37.0 Å². The summed E-state index contributed by atoms with van der Waals surface area (Å²) in [5, 5.41) is 0. The summed E-state index contributed by atoms with van der Waals surface area (Å²) < 4.78 is 5.26. The van der Waals surface area contributed by atoms with Gasteiger partial charge < -0.3 is 10.5 Å². The molecule has 1 heterocycles. The van der Waals surface area contributed by atoms with E-state index in [4.69, 9.17) is 15.5 Å². The first-order valence-electron chi connectivity index (χ1n) is 7.49. The molecule has 2 aromatic rings. The van der Waals surface area contributed by atoms with E-state index in [2.05, 4.69) is 11.1 Å². The zero-order valence-corrected chi connectivity index (χ0v) is 12.4. The zero-order valence-electron chi connectivity index (χ0n) is 12.4. The van der Waals surface area contributed by atoms with Crippen LogP contribution in [0, 0.1) is 0 Å². The minimum absolute atomic E-state index is 0.0911. The van der Waals surface area contributed by atoms with Gasteiger partial charge in [-0.15, -0.1) is 0 Å². The highest BCUT2D eigenvalue weighted by Gasteiger charge is 2.17. The molecule has 0 saturated carbocycles. The second-order valence-corrected chi connectivity index (χ2v) is 5.57. The second-order valence-electron chi connectivity index (χ2n) is 5.57. The van der Waals surface area contributed by atoms with Gasteiger partial charge in [-0.2, -0.15) is 0 Å². The van der Waals surface area contributed by atoms with Crippen molar-refractivity contribution in [3.63, 3.8) is 0 Å². The predicted octanol–water partition coefficient (Wildman–Crippen LogP) is 2.80.